The Balaban J connectivity index is 1.43. The smallest absolute Gasteiger partial charge is 0.134 e. The van der Waals surface area contributed by atoms with Gasteiger partial charge in [0.1, 0.15) is 11.6 Å². The Morgan fingerprint density at radius 2 is 1.96 bits per heavy atom. The van der Waals surface area contributed by atoms with E-state index in [0.717, 1.165) is 42.5 Å². The van der Waals surface area contributed by atoms with E-state index >= 15 is 0 Å². The lowest BCUT2D eigenvalue weighted by atomic mass is 9.78. The monoisotopic (exact) mass is 342 g/mol. The number of nitrogens with zero attached hydrogens (tertiary/aromatic N) is 2. The minimum Gasteiger partial charge on any atom is -0.370 e. The SMILES string of the molecule is NC1CC(c2cc(NCCc3cccc(Cl)c3)nc(C3CC3)n2)C1. The third kappa shape index (κ3) is 3.70. The Bertz CT molecular complexity index is 723. The largest absolute Gasteiger partial charge is 0.370 e. The molecule has 0 saturated heterocycles. The number of rotatable bonds is 6. The quantitative estimate of drug-likeness (QED) is 0.836. The van der Waals surface area contributed by atoms with Crippen LogP contribution in [-0.4, -0.2) is 22.6 Å². The molecule has 24 heavy (non-hydrogen) atoms. The predicted octanol–water partition coefficient (Wildman–Crippen LogP) is 3.87. The maximum absolute atomic E-state index is 6.04. The molecule has 1 aromatic heterocycles. The van der Waals surface area contributed by atoms with Gasteiger partial charge in [-0.05, 0) is 49.8 Å². The van der Waals surface area contributed by atoms with Gasteiger partial charge in [0, 0.05) is 41.2 Å². The number of nitrogens with one attached hydrogen (secondary N) is 1. The molecule has 0 atom stereocenters. The van der Waals surface area contributed by atoms with Crippen molar-refractivity contribution in [1.29, 1.82) is 0 Å². The highest BCUT2D eigenvalue weighted by atomic mass is 35.5. The van der Waals surface area contributed by atoms with Crippen LogP contribution in [0.4, 0.5) is 5.82 Å². The zero-order valence-corrected chi connectivity index (χ0v) is 14.5. The van der Waals surface area contributed by atoms with Crippen molar-refractivity contribution in [2.45, 2.75) is 50.0 Å². The lowest BCUT2D eigenvalue weighted by Gasteiger charge is -2.32. The Morgan fingerprint density at radius 3 is 2.67 bits per heavy atom. The van der Waals surface area contributed by atoms with Gasteiger partial charge in [-0.25, -0.2) is 9.97 Å². The van der Waals surface area contributed by atoms with Crippen molar-refractivity contribution < 1.29 is 0 Å². The molecule has 2 saturated carbocycles. The molecule has 2 fully saturated rings. The van der Waals surface area contributed by atoms with Gasteiger partial charge in [0.15, 0.2) is 0 Å². The van der Waals surface area contributed by atoms with Gasteiger partial charge >= 0.3 is 0 Å². The molecular formula is C19H23ClN4. The summed E-state index contributed by atoms with van der Waals surface area (Å²) in [6.07, 6.45) is 5.45. The van der Waals surface area contributed by atoms with E-state index in [-0.39, 0.29) is 0 Å². The average Bonchev–Trinajstić information content (AvgIpc) is 3.37. The summed E-state index contributed by atoms with van der Waals surface area (Å²) in [5.74, 6) is 3.03. The fourth-order valence-electron chi connectivity index (χ4n) is 3.24. The first-order valence-corrected chi connectivity index (χ1v) is 9.18. The molecule has 3 N–H and O–H groups in total. The van der Waals surface area contributed by atoms with Crippen LogP contribution in [0.15, 0.2) is 30.3 Å². The minimum absolute atomic E-state index is 0.341. The third-order valence-electron chi connectivity index (χ3n) is 4.91. The second kappa shape index (κ2) is 6.69. The van der Waals surface area contributed by atoms with Crippen molar-refractivity contribution in [3.05, 3.63) is 52.4 Å². The molecule has 2 aliphatic carbocycles. The van der Waals surface area contributed by atoms with Crippen LogP contribution < -0.4 is 11.1 Å². The average molecular weight is 343 g/mol. The van der Waals surface area contributed by atoms with Crippen LogP contribution in [0.3, 0.4) is 0 Å². The third-order valence-corrected chi connectivity index (χ3v) is 5.14. The molecule has 5 heteroatoms. The van der Waals surface area contributed by atoms with E-state index in [0.29, 0.717) is 17.9 Å². The predicted molar refractivity (Wildman–Crippen MR) is 97.6 cm³/mol. The second-order valence-electron chi connectivity index (χ2n) is 7.05. The Kier molecular flexibility index (Phi) is 4.42. The van der Waals surface area contributed by atoms with E-state index in [1.165, 1.54) is 24.1 Å². The number of hydrogen-bond acceptors (Lipinski definition) is 4. The van der Waals surface area contributed by atoms with Crippen LogP contribution in [0.25, 0.3) is 0 Å². The first kappa shape index (κ1) is 15.9. The van der Waals surface area contributed by atoms with Crippen LogP contribution in [0, 0.1) is 0 Å². The summed E-state index contributed by atoms with van der Waals surface area (Å²) >= 11 is 6.04. The highest BCUT2D eigenvalue weighted by Gasteiger charge is 2.32. The van der Waals surface area contributed by atoms with Gasteiger partial charge < -0.3 is 11.1 Å². The van der Waals surface area contributed by atoms with Crippen molar-refractivity contribution in [3.63, 3.8) is 0 Å². The summed E-state index contributed by atoms with van der Waals surface area (Å²) in [6.45, 7) is 0.838. The molecule has 4 nitrogen and oxygen atoms in total. The van der Waals surface area contributed by atoms with Crippen molar-refractivity contribution in [1.82, 2.24) is 9.97 Å². The van der Waals surface area contributed by atoms with Crippen LogP contribution in [-0.2, 0) is 6.42 Å². The molecule has 1 aromatic carbocycles. The standard InChI is InChI=1S/C19H23ClN4/c20-15-3-1-2-12(8-15)6-7-22-18-11-17(14-9-16(21)10-14)23-19(24-18)13-4-5-13/h1-3,8,11,13-14,16H,4-7,9-10,21H2,(H,22,23,24). The van der Waals surface area contributed by atoms with Crippen molar-refractivity contribution in [2.24, 2.45) is 5.73 Å². The van der Waals surface area contributed by atoms with Crippen LogP contribution in [0.2, 0.25) is 5.02 Å². The molecule has 1 heterocycles. The zero-order valence-electron chi connectivity index (χ0n) is 13.7. The van der Waals surface area contributed by atoms with E-state index < -0.39 is 0 Å². The van der Waals surface area contributed by atoms with Crippen LogP contribution in [0.1, 0.15) is 54.6 Å². The summed E-state index contributed by atoms with van der Waals surface area (Å²) in [6, 6.07) is 10.5. The molecule has 0 unspecified atom stereocenters. The first-order chi connectivity index (χ1) is 11.7. The Hall–Kier alpha value is -1.65. The summed E-state index contributed by atoms with van der Waals surface area (Å²) in [5, 5.41) is 4.25. The van der Waals surface area contributed by atoms with Gasteiger partial charge in [-0.15, -0.1) is 0 Å². The number of halogens is 1. The Morgan fingerprint density at radius 1 is 1.12 bits per heavy atom. The number of nitrogens with two attached hydrogens (primary N) is 1. The maximum Gasteiger partial charge on any atom is 0.134 e. The lowest BCUT2D eigenvalue weighted by Crippen LogP contribution is -2.35. The molecule has 126 valence electrons. The number of benzene rings is 1. The Labute approximate surface area is 147 Å². The first-order valence-electron chi connectivity index (χ1n) is 8.80. The molecule has 0 amide bonds. The van der Waals surface area contributed by atoms with Crippen LogP contribution >= 0.6 is 11.6 Å². The van der Waals surface area contributed by atoms with Gasteiger partial charge in [-0.3, -0.25) is 0 Å². The van der Waals surface area contributed by atoms with Crippen molar-refractivity contribution >= 4 is 17.4 Å². The van der Waals surface area contributed by atoms with Crippen molar-refractivity contribution in [3.8, 4) is 0 Å². The normalized spacial score (nSPS) is 22.9. The summed E-state index contributed by atoms with van der Waals surface area (Å²) in [4.78, 5) is 9.53. The highest BCUT2D eigenvalue weighted by Crippen LogP contribution is 2.41. The molecule has 4 rings (SSSR count). The second-order valence-corrected chi connectivity index (χ2v) is 7.48. The lowest BCUT2D eigenvalue weighted by molar-refractivity contribution is 0.344. The zero-order chi connectivity index (χ0) is 16.5. The molecule has 2 aliphatic rings. The van der Waals surface area contributed by atoms with Gasteiger partial charge in [-0.1, -0.05) is 23.7 Å². The van der Waals surface area contributed by atoms with Crippen molar-refractivity contribution in [2.75, 3.05) is 11.9 Å². The fourth-order valence-corrected chi connectivity index (χ4v) is 3.45. The topological polar surface area (TPSA) is 63.8 Å². The molecule has 0 radical (unpaired) electrons. The van der Waals surface area contributed by atoms with E-state index in [2.05, 4.69) is 17.4 Å². The van der Waals surface area contributed by atoms with Gasteiger partial charge in [0.2, 0.25) is 0 Å². The molecule has 2 aromatic rings. The fraction of sp³-hybridized carbons (Fsp3) is 0.474. The summed E-state index contributed by atoms with van der Waals surface area (Å²) in [5.41, 5.74) is 8.34. The minimum atomic E-state index is 0.341. The molecular weight excluding hydrogens is 320 g/mol. The van der Waals surface area contributed by atoms with E-state index in [1.54, 1.807) is 0 Å². The van der Waals surface area contributed by atoms with E-state index in [9.17, 15) is 0 Å². The maximum atomic E-state index is 6.04. The summed E-state index contributed by atoms with van der Waals surface area (Å²) in [7, 11) is 0. The van der Waals surface area contributed by atoms with Crippen LogP contribution in [0.5, 0.6) is 0 Å². The number of anilines is 1. The molecule has 0 spiro atoms. The summed E-state index contributed by atoms with van der Waals surface area (Å²) < 4.78 is 0. The number of aromatic nitrogens is 2. The van der Waals surface area contributed by atoms with E-state index in [4.69, 9.17) is 27.3 Å². The number of hydrogen-bond donors (Lipinski definition) is 2. The molecule has 0 aliphatic heterocycles. The van der Waals surface area contributed by atoms with Gasteiger partial charge in [-0.2, -0.15) is 0 Å². The highest BCUT2D eigenvalue weighted by molar-refractivity contribution is 6.30. The van der Waals surface area contributed by atoms with Gasteiger partial charge in [0.05, 0.1) is 0 Å². The molecule has 0 bridgehead atoms. The van der Waals surface area contributed by atoms with Gasteiger partial charge in [0.25, 0.3) is 0 Å². The van der Waals surface area contributed by atoms with E-state index in [1.807, 2.05) is 18.2 Å².